The number of ether oxygens (including phenoxy) is 1. The standard InChI is InChI=1S/C26H33N5O3/c1-17-6-5-7-22(21(17)16-29(2)27)28-25(32)19-10-8-18(9-11-19)15-31-24-14-20(34-4)12-13-23(24)30(3)26(31)33/h5-7,12-14,16,18-19H,1,8-11,15,27H2,2-4H3,(H,28,32)/b21-16+. The third kappa shape index (κ3) is 4.72. The van der Waals surface area contributed by atoms with Crippen LogP contribution in [0.5, 0.6) is 5.75 Å². The second kappa shape index (κ2) is 9.77. The van der Waals surface area contributed by atoms with Gasteiger partial charge in [-0.3, -0.25) is 13.9 Å². The highest BCUT2D eigenvalue weighted by Gasteiger charge is 2.27. The number of hydrogen-bond acceptors (Lipinski definition) is 5. The molecule has 1 aliphatic carbocycles. The number of carbonyl (C=O) groups excluding carboxylic acids is 1. The predicted octanol–water partition coefficient (Wildman–Crippen LogP) is 1.75. The van der Waals surface area contributed by atoms with Crippen molar-refractivity contribution in [2.45, 2.75) is 32.2 Å². The number of nitrogens with one attached hydrogen (secondary N) is 1. The van der Waals surface area contributed by atoms with Crippen LogP contribution in [-0.2, 0) is 18.4 Å². The minimum Gasteiger partial charge on any atom is -0.497 e. The summed E-state index contributed by atoms with van der Waals surface area (Å²) in [6.45, 7) is 4.68. The summed E-state index contributed by atoms with van der Waals surface area (Å²) in [6, 6.07) is 11.3. The van der Waals surface area contributed by atoms with E-state index in [-0.39, 0.29) is 17.5 Å². The Labute approximate surface area is 198 Å². The molecule has 2 aromatic carbocycles. The highest BCUT2D eigenvalue weighted by atomic mass is 16.5. The summed E-state index contributed by atoms with van der Waals surface area (Å²) in [5, 5.41) is 6.14. The first kappa shape index (κ1) is 23.6. The van der Waals surface area contributed by atoms with E-state index < -0.39 is 0 Å². The summed E-state index contributed by atoms with van der Waals surface area (Å²) in [4.78, 5) is 25.9. The highest BCUT2D eigenvalue weighted by molar-refractivity contribution is 5.92. The minimum atomic E-state index is -0.0579. The van der Waals surface area contributed by atoms with Crippen LogP contribution in [0.3, 0.4) is 0 Å². The van der Waals surface area contributed by atoms with Crippen LogP contribution in [-0.4, -0.2) is 34.2 Å². The zero-order chi connectivity index (χ0) is 24.4. The van der Waals surface area contributed by atoms with Gasteiger partial charge < -0.3 is 15.1 Å². The van der Waals surface area contributed by atoms with Crippen LogP contribution in [0.2, 0.25) is 0 Å². The fourth-order valence-electron chi connectivity index (χ4n) is 4.87. The molecule has 8 heteroatoms. The molecular weight excluding hydrogens is 430 g/mol. The van der Waals surface area contributed by atoms with E-state index in [9.17, 15) is 9.59 Å². The van der Waals surface area contributed by atoms with E-state index in [1.807, 2.05) is 41.0 Å². The lowest BCUT2D eigenvalue weighted by Crippen LogP contribution is -2.35. The van der Waals surface area contributed by atoms with Crippen molar-refractivity contribution in [1.82, 2.24) is 14.1 Å². The Morgan fingerprint density at radius 1 is 1.24 bits per heavy atom. The van der Waals surface area contributed by atoms with Crippen molar-refractivity contribution in [3.63, 3.8) is 0 Å². The third-order valence-corrected chi connectivity index (χ3v) is 6.80. The van der Waals surface area contributed by atoms with E-state index in [0.717, 1.165) is 52.9 Å². The predicted molar refractivity (Wildman–Crippen MR) is 135 cm³/mol. The van der Waals surface area contributed by atoms with Crippen molar-refractivity contribution >= 4 is 35.4 Å². The van der Waals surface area contributed by atoms with Gasteiger partial charge in [-0.05, 0) is 55.0 Å². The van der Waals surface area contributed by atoms with Crippen molar-refractivity contribution < 1.29 is 9.53 Å². The summed E-state index contributed by atoms with van der Waals surface area (Å²) < 4.78 is 8.88. The molecule has 34 heavy (non-hydrogen) atoms. The largest absolute Gasteiger partial charge is 0.497 e. The average Bonchev–Trinajstić information content (AvgIpc) is 3.05. The topological polar surface area (TPSA) is 94.5 Å². The van der Waals surface area contributed by atoms with Gasteiger partial charge in [0.1, 0.15) is 5.75 Å². The highest BCUT2D eigenvalue weighted by Crippen LogP contribution is 2.31. The molecule has 1 heterocycles. The van der Waals surface area contributed by atoms with E-state index in [4.69, 9.17) is 10.6 Å². The molecular formula is C26H33N5O3. The first-order valence-corrected chi connectivity index (χ1v) is 11.6. The Hall–Kier alpha value is -3.52. The number of nitrogens with zero attached hydrogens (tertiary/aromatic N) is 3. The molecule has 0 unspecified atom stereocenters. The molecule has 3 aromatic rings. The Bertz CT molecular complexity index is 1360. The number of rotatable bonds is 6. The van der Waals surface area contributed by atoms with Gasteiger partial charge in [0.05, 0.1) is 23.8 Å². The van der Waals surface area contributed by atoms with Crippen molar-refractivity contribution in [2.24, 2.45) is 24.7 Å². The summed E-state index contributed by atoms with van der Waals surface area (Å²) in [5.41, 5.74) is 2.47. The molecule has 1 fully saturated rings. The third-order valence-electron chi connectivity index (χ3n) is 6.80. The molecule has 0 bridgehead atoms. The molecule has 1 aromatic heterocycles. The summed E-state index contributed by atoms with van der Waals surface area (Å²) in [7, 11) is 5.15. The summed E-state index contributed by atoms with van der Waals surface area (Å²) in [6.07, 6.45) is 5.12. The Kier molecular flexibility index (Phi) is 6.79. The molecule has 4 rings (SSSR count). The van der Waals surface area contributed by atoms with Crippen LogP contribution in [0, 0.1) is 11.8 Å². The molecule has 0 spiro atoms. The first-order valence-electron chi connectivity index (χ1n) is 11.6. The number of hydrazine groups is 1. The summed E-state index contributed by atoms with van der Waals surface area (Å²) in [5.74, 6) is 6.82. The van der Waals surface area contributed by atoms with Gasteiger partial charge in [-0.15, -0.1) is 0 Å². The van der Waals surface area contributed by atoms with Crippen LogP contribution in [0.25, 0.3) is 23.8 Å². The average molecular weight is 464 g/mol. The number of nitrogens with two attached hydrogens (primary N) is 1. The van der Waals surface area contributed by atoms with Crippen molar-refractivity contribution in [2.75, 3.05) is 19.5 Å². The second-order valence-electron chi connectivity index (χ2n) is 9.19. The van der Waals surface area contributed by atoms with Gasteiger partial charge in [0.25, 0.3) is 0 Å². The Balaban J connectivity index is 1.45. The van der Waals surface area contributed by atoms with Crippen molar-refractivity contribution in [3.05, 3.63) is 57.3 Å². The molecule has 0 saturated heterocycles. The zero-order valence-corrected chi connectivity index (χ0v) is 20.1. The fourth-order valence-corrected chi connectivity index (χ4v) is 4.87. The van der Waals surface area contributed by atoms with Crippen LogP contribution in [0.15, 0.2) is 41.2 Å². The lowest BCUT2D eigenvalue weighted by molar-refractivity contribution is -0.121. The van der Waals surface area contributed by atoms with Crippen LogP contribution < -0.4 is 32.0 Å². The number of fused-ring (bicyclic) bond motifs is 1. The van der Waals surface area contributed by atoms with Crippen molar-refractivity contribution in [1.29, 1.82) is 0 Å². The van der Waals surface area contributed by atoms with Crippen molar-refractivity contribution in [3.8, 4) is 5.75 Å². The number of aromatic nitrogens is 2. The first-order chi connectivity index (χ1) is 16.3. The number of methoxy groups -OCH3 is 1. The normalized spacial score (nSPS) is 18.8. The molecule has 3 N–H and O–H groups in total. The van der Waals surface area contributed by atoms with E-state index in [0.29, 0.717) is 18.2 Å². The number of anilines is 1. The molecule has 1 aliphatic rings. The lowest BCUT2D eigenvalue weighted by Gasteiger charge is -2.28. The van der Waals surface area contributed by atoms with E-state index >= 15 is 0 Å². The van der Waals surface area contributed by atoms with E-state index in [1.54, 1.807) is 32.0 Å². The monoisotopic (exact) mass is 463 g/mol. The van der Waals surface area contributed by atoms with Crippen LogP contribution in [0.4, 0.5) is 5.69 Å². The maximum Gasteiger partial charge on any atom is 0.328 e. The molecule has 0 atom stereocenters. The molecule has 0 aliphatic heterocycles. The van der Waals surface area contributed by atoms with E-state index in [2.05, 4.69) is 11.9 Å². The SMILES string of the molecule is C=c1cccc(NC(=O)C2CCC(Cn3c(=O)n(C)c4ccc(OC)cc43)CC2)/c1=C/N(C)N. The Morgan fingerprint density at radius 2 is 1.97 bits per heavy atom. The summed E-state index contributed by atoms with van der Waals surface area (Å²) >= 11 is 0. The molecule has 8 nitrogen and oxygen atoms in total. The fraction of sp³-hybridized carbons (Fsp3) is 0.385. The number of benzene rings is 2. The number of imidazole rings is 1. The smallest absolute Gasteiger partial charge is 0.328 e. The van der Waals surface area contributed by atoms with Gasteiger partial charge in [-0.25, -0.2) is 10.6 Å². The molecule has 180 valence electrons. The lowest BCUT2D eigenvalue weighted by atomic mass is 9.81. The number of aryl methyl sites for hydroxylation is 1. The van der Waals surface area contributed by atoms with Gasteiger partial charge >= 0.3 is 5.69 Å². The molecule has 1 amide bonds. The van der Waals surface area contributed by atoms with Gasteiger partial charge in [0.15, 0.2) is 0 Å². The number of amides is 1. The molecule has 1 saturated carbocycles. The maximum absolute atomic E-state index is 13.0. The van der Waals surface area contributed by atoms with Gasteiger partial charge in [-0.2, -0.15) is 0 Å². The number of carbonyl (C=O) groups is 1. The maximum atomic E-state index is 13.0. The van der Waals surface area contributed by atoms with Gasteiger partial charge in [0.2, 0.25) is 5.91 Å². The van der Waals surface area contributed by atoms with E-state index in [1.165, 1.54) is 5.01 Å². The Morgan fingerprint density at radius 3 is 2.65 bits per heavy atom. The zero-order valence-electron chi connectivity index (χ0n) is 20.1. The quantitative estimate of drug-likeness (QED) is 0.429. The van der Waals surface area contributed by atoms with Crippen LogP contribution >= 0.6 is 0 Å². The van der Waals surface area contributed by atoms with Gasteiger partial charge in [-0.1, -0.05) is 18.7 Å². The second-order valence-corrected chi connectivity index (χ2v) is 9.19. The molecule has 0 radical (unpaired) electrons. The van der Waals surface area contributed by atoms with Gasteiger partial charge in [0, 0.05) is 44.0 Å². The minimum absolute atomic E-state index is 0.0189. The number of hydrogen-bond donors (Lipinski definition) is 2. The van der Waals surface area contributed by atoms with Crippen LogP contribution in [0.1, 0.15) is 25.7 Å².